The van der Waals surface area contributed by atoms with Gasteiger partial charge in [0.05, 0.1) is 6.10 Å². The molecule has 2 rings (SSSR count). The topological polar surface area (TPSA) is 21.3 Å². The number of hydrogen-bond acceptors (Lipinski definition) is 2. The van der Waals surface area contributed by atoms with Crippen molar-refractivity contribution < 1.29 is 4.74 Å². The van der Waals surface area contributed by atoms with Crippen LogP contribution < -0.4 is 10.1 Å². The minimum Gasteiger partial charge on any atom is -0.490 e. The Morgan fingerprint density at radius 3 is 2.90 bits per heavy atom. The van der Waals surface area contributed by atoms with Crippen molar-refractivity contribution in [3.63, 3.8) is 0 Å². The lowest BCUT2D eigenvalue weighted by molar-refractivity contribution is 0.121. The van der Waals surface area contributed by atoms with Crippen LogP contribution in [0.15, 0.2) is 18.2 Å². The first kappa shape index (κ1) is 15.7. The molecule has 2 unspecified atom stereocenters. The maximum Gasteiger partial charge on any atom is 0.124 e. The Balaban J connectivity index is 2.03. The largest absolute Gasteiger partial charge is 0.490 e. The molecule has 3 heteroatoms. The highest BCUT2D eigenvalue weighted by Crippen LogP contribution is 2.31. The minimum absolute atomic E-state index is 0.371. The van der Waals surface area contributed by atoms with Crippen LogP contribution in [0, 0.1) is 5.92 Å². The molecule has 0 saturated heterocycles. The maximum atomic E-state index is 6.27. The second-order valence-electron chi connectivity index (χ2n) is 5.71. The normalized spacial score (nSPS) is 22.8. The number of ether oxygens (including phenoxy) is 1. The zero-order chi connectivity index (χ0) is 14.4. The average molecular weight is 296 g/mol. The van der Waals surface area contributed by atoms with E-state index >= 15 is 0 Å². The zero-order valence-corrected chi connectivity index (χ0v) is 13.4. The molecule has 20 heavy (non-hydrogen) atoms. The molecule has 0 spiro atoms. The lowest BCUT2D eigenvalue weighted by atomic mass is 9.85. The summed E-state index contributed by atoms with van der Waals surface area (Å²) in [4.78, 5) is 0. The van der Waals surface area contributed by atoms with Gasteiger partial charge in [-0.3, -0.25) is 0 Å². The second kappa shape index (κ2) is 7.90. The van der Waals surface area contributed by atoms with Gasteiger partial charge in [0, 0.05) is 17.1 Å². The van der Waals surface area contributed by atoms with Gasteiger partial charge in [-0.15, -0.1) is 0 Å². The molecule has 1 aromatic rings. The van der Waals surface area contributed by atoms with Gasteiger partial charge in [-0.1, -0.05) is 38.3 Å². The molecule has 1 fully saturated rings. The Kier molecular flexibility index (Phi) is 6.18. The summed E-state index contributed by atoms with van der Waals surface area (Å²) < 4.78 is 6.27. The molecule has 0 amide bonds. The standard InChI is InChI=1S/C17H26ClNO/c1-3-13-6-5-7-16(10-13)20-17-9-8-15(18)11-14(17)12-19-4-2/h8-9,11,13,16,19H,3-7,10,12H2,1-2H3. The summed E-state index contributed by atoms with van der Waals surface area (Å²) in [5.74, 6) is 1.83. The van der Waals surface area contributed by atoms with E-state index in [1.165, 1.54) is 32.1 Å². The highest BCUT2D eigenvalue weighted by molar-refractivity contribution is 6.30. The van der Waals surface area contributed by atoms with Crippen LogP contribution in [-0.2, 0) is 6.54 Å². The lowest BCUT2D eigenvalue weighted by Crippen LogP contribution is -2.26. The molecule has 1 N–H and O–H groups in total. The SMILES string of the molecule is CCNCc1cc(Cl)ccc1OC1CCCC(CC)C1. The summed E-state index contributed by atoms with van der Waals surface area (Å²) in [7, 11) is 0. The molecule has 1 aliphatic rings. The lowest BCUT2D eigenvalue weighted by Gasteiger charge is -2.29. The van der Waals surface area contributed by atoms with Crippen LogP contribution in [0.5, 0.6) is 5.75 Å². The van der Waals surface area contributed by atoms with Gasteiger partial charge in [0.2, 0.25) is 0 Å². The fraction of sp³-hybridized carbons (Fsp3) is 0.647. The van der Waals surface area contributed by atoms with E-state index in [4.69, 9.17) is 16.3 Å². The molecule has 1 aliphatic carbocycles. The number of halogens is 1. The molecular formula is C17H26ClNO. The summed E-state index contributed by atoms with van der Waals surface area (Å²) in [6, 6.07) is 5.96. The molecule has 112 valence electrons. The van der Waals surface area contributed by atoms with E-state index < -0.39 is 0 Å². The molecule has 1 saturated carbocycles. The third-order valence-electron chi connectivity index (χ3n) is 4.19. The summed E-state index contributed by atoms with van der Waals surface area (Å²) in [5, 5.41) is 4.13. The monoisotopic (exact) mass is 295 g/mol. The predicted molar refractivity (Wildman–Crippen MR) is 85.5 cm³/mol. The molecule has 0 aromatic heterocycles. The number of benzene rings is 1. The van der Waals surface area contributed by atoms with Crippen molar-refractivity contribution in [1.29, 1.82) is 0 Å². The minimum atomic E-state index is 0.371. The van der Waals surface area contributed by atoms with E-state index in [1.54, 1.807) is 0 Å². The van der Waals surface area contributed by atoms with Crippen molar-refractivity contribution in [2.75, 3.05) is 6.54 Å². The molecular weight excluding hydrogens is 270 g/mol. The van der Waals surface area contributed by atoms with Gasteiger partial charge in [-0.2, -0.15) is 0 Å². The molecule has 0 heterocycles. The van der Waals surface area contributed by atoms with Crippen LogP contribution in [0.25, 0.3) is 0 Å². The molecule has 0 radical (unpaired) electrons. The first-order valence-electron chi connectivity index (χ1n) is 7.88. The Hall–Kier alpha value is -0.730. The molecule has 2 nitrogen and oxygen atoms in total. The van der Waals surface area contributed by atoms with Crippen molar-refractivity contribution in [2.45, 2.75) is 58.6 Å². The van der Waals surface area contributed by atoms with E-state index in [2.05, 4.69) is 19.2 Å². The quantitative estimate of drug-likeness (QED) is 0.814. The Morgan fingerprint density at radius 2 is 2.15 bits per heavy atom. The van der Waals surface area contributed by atoms with E-state index in [0.29, 0.717) is 6.10 Å². The van der Waals surface area contributed by atoms with Gasteiger partial charge in [-0.25, -0.2) is 0 Å². The average Bonchev–Trinajstić information content (AvgIpc) is 2.47. The zero-order valence-electron chi connectivity index (χ0n) is 12.6. The van der Waals surface area contributed by atoms with Crippen molar-refractivity contribution in [1.82, 2.24) is 5.32 Å². The highest BCUT2D eigenvalue weighted by Gasteiger charge is 2.22. The van der Waals surface area contributed by atoms with Gasteiger partial charge in [-0.05, 0) is 49.9 Å². The van der Waals surface area contributed by atoms with Crippen LogP contribution >= 0.6 is 11.6 Å². The number of rotatable bonds is 6. The van der Waals surface area contributed by atoms with Crippen LogP contribution in [0.2, 0.25) is 5.02 Å². The predicted octanol–water partition coefficient (Wildman–Crippen LogP) is 4.80. The molecule has 2 atom stereocenters. The van der Waals surface area contributed by atoms with Crippen LogP contribution in [0.4, 0.5) is 0 Å². The first-order chi connectivity index (χ1) is 9.72. The molecule has 0 aliphatic heterocycles. The van der Waals surface area contributed by atoms with Crippen LogP contribution in [-0.4, -0.2) is 12.6 Å². The smallest absolute Gasteiger partial charge is 0.124 e. The fourth-order valence-corrected chi connectivity index (χ4v) is 3.15. The van der Waals surface area contributed by atoms with Crippen molar-refractivity contribution in [3.8, 4) is 5.75 Å². The van der Waals surface area contributed by atoms with Crippen molar-refractivity contribution in [2.24, 2.45) is 5.92 Å². The van der Waals surface area contributed by atoms with Gasteiger partial charge in [0.25, 0.3) is 0 Å². The number of nitrogens with one attached hydrogen (secondary N) is 1. The van der Waals surface area contributed by atoms with Gasteiger partial charge < -0.3 is 10.1 Å². The van der Waals surface area contributed by atoms with E-state index in [1.807, 2.05) is 18.2 Å². The summed E-state index contributed by atoms with van der Waals surface area (Å²) >= 11 is 6.10. The number of hydrogen-bond donors (Lipinski definition) is 1. The first-order valence-corrected chi connectivity index (χ1v) is 8.26. The van der Waals surface area contributed by atoms with Gasteiger partial charge in [0.15, 0.2) is 0 Å². The third kappa shape index (κ3) is 4.39. The van der Waals surface area contributed by atoms with Crippen LogP contribution in [0.1, 0.15) is 51.5 Å². The van der Waals surface area contributed by atoms with Crippen molar-refractivity contribution >= 4 is 11.6 Å². The summed E-state index contributed by atoms with van der Waals surface area (Å²) in [6.45, 7) is 6.16. The van der Waals surface area contributed by atoms with E-state index in [9.17, 15) is 0 Å². The van der Waals surface area contributed by atoms with E-state index in [0.717, 1.165) is 35.3 Å². The maximum absolute atomic E-state index is 6.27. The molecule has 1 aromatic carbocycles. The van der Waals surface area contributed by atoms with Gasteiger partial charge in [0.1, 0.15) is 5.75 Å². The van der Waals surface area contributed by atoms with Crippen molar-refractivity contribution in [3.05, 3.63) is 28.8 Å². The molecule has 0 bridgehead atoms. The highest BCUT2D eigenvalue weighted by atomic mass is 35.5. The second-order valence-corrected chi connectivity index (χ2v) is 6.15. The van der Waals surface area contributed by atoms with Gasteiger partial charge >= 0.3 is 0 Å². The Morgan fingerprint density at radius 1 is 1.30 bits per heavy atom. The third-order valence-corrected chi connectivity index (χ3v) is 4.43. The summed E-state index contributed by atoms with van der Waals surface area (Å²) in [5.41, 5.74) is 1.16. The Bertz CT molecular complexity index is 421. The van der Waals surface area contributed by atoms with Crippen LogP contribution in [0.3, 0.4) is 0 Å². The summed E-state index contributed by atoms with van der Waals surface area (Å²) in [6.07, 6.45) is 6.67. The van der Waals surface area contributed by atoms with E-state index in [-0.39, 0.29) is 0 Å². The Labute approximate surface area is 127 Å². The fourth-order valence-electron chi connectivity index (χ4n) is 2.96.